The molecule has 2 aromatic rings. The van der Waals surface area contributed by atoms with Crippen molar-refractivity contribution in [1.82, 2.24) is 5.32 Å². The lowest BCUT2D eigenvalue weighted by Gasteiger charge is -2.17. The maximum absolute atomic E-state index is 13.1. The van der Waals surface area contributed by atoms with Crippen LogP contribution >= 0.6 is 34.8 Å². The molecule has 2 N–H and O–H groups in total. The highest BCUT2D eigenvalue weighted by Gasteiger charge is 2.34. The molecule has 0 spiro atoms. The summed E-state index contributed by atoms with van der Waals surface area (Å²) >= 11 is 17.2. The predicted octanol–water partition coefficient (Wildman–Crippen LogP) is 4.97. The largest absolute Gasteiger partial charge is 0.451 e. The molecular formula is C19H14Cl3F3N2O4. The third-order valence-corrected chi connectivity index (χ3v) is 4.57. The molecule has 12 heteroatoms. The van der Waals surface area contributed by atoms with Crippen LogP contribution in [0.3, 0.4) is 0 Å². The highest BCUT2D eigenvalue weighted by Crippen LogP contribution is 2.36. The number of anilines is 1. The van der Waals surface area contributed by atoms with Crippen molar-refractivity contribution in [3.05, 3.63) is 62.6 Å². The molecule has 0 saturated carbocycles. The second-order valence-electron chi connectivity index (χ2n) is 6.12. The molecule has 0 aliphatic rings. The normalized spacial score (nSPS) is 12.1. The van der Waals surface area contributed by atoms with Crippen molar-refractivity contribution in [3.63, 3.8) is 0 Å². The molecule has 0 saturated heterocycles. The summed E-state index contributed by atoms with van der Waals surface area (Å²) in [6.45, 7) is 0.554. The van der Waals surface area contributed by atoms with E-state index in [1.807, 2.05) is 5.32 Å². The fourth-order valence-corrected chi connectivity index (χ4v) is 2.97. The van der Waals surface area contributed by atoms with E-state index in [4.69, 9.17) is 39.5 Å². The molecule has 1 unspecified atom stereocenters. The lowest BCUT2D eigenvalue weighted by Crippen LogP contribution is -2.36. The number of esters is 1. The quantitative estimate of drug-likeness (QED) is 0.552. The van der Waals surface area contributed by atoms with Gasteiger partial charge in [-0.3, -0.25) is 14.4 Å². The zero-order valence-corrected chi connectivity index (χ0v) is 17.9. The predicted molar refractivity (Wildman–Crippen MR) is 109 cm³/mol. The zero-order valence-electron chi connectivity index (χ0n) is 15.6. The van der Waals surface area contributed by atoms with E-state index in [9.17, 15) is 27.6 Å². The van der Waals surface area contributed by atoms with Crippen molar-refractivity contribution < 1.29 is 32.3 Å². The van der Waals surface area contributed by atoms with E-state index in [1.165, 1.54) is 24.3 Å². The molecule has 0 aliphatic carbocycles. The van der Waals surface area contributed by atoms with E-state index >= 15 is 0 Å². The Labute approximate surface area is 189 Å². The van der Waals surface area contributed by atoms with Crippen molar-refractivity contribution in [1.29, 1.82) is 0 Å². The van der Waals surface area contributed by atoms with Crippen LogP contribution in [0.1, 0.15) is 22.8 Å². The summed E-state index contributed by atoms with van der Waals surface area (Å²) in [6.07, 6.45) is -6.21. The van der Waals surface area contributed by atoms with Gasteiger partial charge in [0, 0.05) is 10.0 Å². The molecule has 0 aliphatic heterocycles. The van der Waals surface area contributed by atoms with Crippen molar-refractivity contribution in [3.8, 4) is 0 Å². The number of carbonyl (C=O) groups excluding carboxylic acids is 3. The summed E-state index contributed by atoms with van der Waals surface area (Å²) < 4.78 is 44.2. The highest BCUT2D eigenvalue weighted by atomic mass is 35.5. The summed E-state index contributed by atoms with van der Waals surface area (Å²) in [6, 6.07) is 6.93. The van der Waals surface area contributed by atoms with E-state index in [-0.39, 0.29) is 15.6 Å². The van der Waals surface area contributed by atoms with Crippen LogP contribution in [0.25, 0.3) is 0 Å². The number of carbonyl (C=O) groups is 3. The monoisotopic (exact) mass is 496 g/mol. The average Bonchev–Trinajstić information content (AvgIpc) is 2.66. The number of halogens is 6. The van der Waals surface area contributed by atoms with Gasteiger partial charge in [0.15, 0.2) is 6.10 Å². The number of benzene rings is 2. The summed E-state index contributed by atoms with van der Waals surface area (Å²) in [7, 11) is 0. The number of alkyl halides is 3. The fourth-order valence-electron chi connectivity index (χ4n) is 2.31. The molecular weight excluding hydrogens is 484 g/mol. The number of hydrogen-bond acceptors (Lipinski definition) is 4. The number of amides is 2. The average molecular weight is 498 g/mol. The van der Waals surface area contributed by atoms with Gasteiger partial charge >= 0.3 is 12.1 Å². The highest BCUT2D eigenvalue weighted by molar-refractivity contribution is 6.36. The summed E-state index contributed by atoms with van der Waals surface area (Å²) in [5.74, 6) is -2.69. The Balaban J connectivity index is 1.94. The lowest BCUT2D eigenvalue weighted by atomic mass is 10.1. The van der Waals surface area contributed by atoms with Gasteiger partial charge in [0.25, 0.3) is 11.8 Å². The minimum absolute atomic E-state index is 0.0621. The second kappa shape index (κ2) is 10.2. The van der Waals surface area contributed by atoms with Gasteiger partial charge in [-0.2, -0.15) is 13.2 Å². The molecule has 31 heavy (non-hydrogen) atoms. The van der Waals surface area contributed by atoms with Gasteiger partial charge in [0.2, 0.25) is 0 Å². The van der Waals surface area contributed by atoms with E-state index < -0.39 is 47.9 Å². The van der Waals surface area contributed by atoms with Crippen molar-refractivity contribution >= 4 is 58.3 Å². The minimum atomic E-state index is -4.76. The van der Waals surface area contributed by atoms with Crippen LogP contribution in [0.2, 0.25) is 15.1 Å². The van der Waals surface area contributed by atoms with Gasteiger partial charge in [0.05, 0.1) is 21.8 Å². The molecule has 0 fully saturated rings. The Kier molecular flexibility index (Phi) is 8.16. The fraction of sp³-hybridized carbons (Fsp3) is 0.211. The Hall–Kier alpha value is -2.49. The van der Waals surface area contributed by atoms with Crippen LogP contribution in [0.4, 0.5) is 18.9 Å². The Bertz CT molecular complexity index is 1020. The smallest absolute Gasteiger partial charge is 0.418 e. The molecule has 2 rings (SSSR count). The molecule has 2 aromatic carbocycles. The lowest BCUT2D eigenvalue weighted by molar-refractivity contribution is -0.152. The Morgan fingerprint density at radius 2 is 1.65 bits per heavy atom. The van der Waals surface area contributed by atoms with Crippen LogP contribution in [0, 0.1) is 0 Å². The third kappa shape index (κ3) is 7.02. The van der Waals surface area contributed by atoms with E-state index in [0.29, 0.717) is 11.1 Å². The first-order valence-electron chi connectivity index (χ1n) is 8.49. The summed E-state index contributed by atoms with van der Waals surface area (Å²) in [5.41, 5.74) is -1.64. The van der Waals surface area contributed by atoms with E-state index in [0.717, 1.165) is 13.0 Å². The topological polar surface area (TPSA) is 84.5 Å². The molecule has 0 bridgehead atoms. The Morgan fingerprint density at radius 1 is 1.03 bits per heavy atom. The van der Waals surface area contributed by atoms with Crippen LogP contribution in [0.5, 0.6) is 0 Å². The first-order valence-corrected chi connectivity index (χ1v) is 9.62. The molecule has 6 nitrogen and oxygen atoms in total. The van der Waals surface area contributed by atoms with Crippen molar-refractivity contribution in [2.24, 2.45) is 0 Å². The van der Waals surface area contributed by atoms with E-state index in [2.05, 4.69) is 5.32 Å². The number of rotatable bonds is 6. The van der Waals surface area contributed by atoms with Crippen LogP contribution in [-0.4, -0.2) is 30.4 Å². The first kappa shape index (κ1) is 24.8. The van der Waals surface area contributed by atoms with E-state index in [1.54, 1.807) is 0 Å². The Morgan fingerprint density at radius 3 is 2.26 bits per heavy atom. The van der Waals surface area contributed by atoms with Gasteiger partial charge in [0.1, 0.15) is 6.54 Å². The molecule has 2 amide bonds. The van der Waals surface area contributed by atoms with Gasteiger partial charge in [-0.05, 0) is 43.3 Å². The van der Waals surface area contributed by atoms with Crippen LogP contribution in [0.15, 0.2) is 36.4 Å². The molecule has 0 heterocycles. The second-order valence-corrected chi connectivity index (χ2v) is 7.40. The van der Waals surface area contributed by atoms with Gasteiger partial charge < -0.3 is 15.4 Å². The van der Waals surface area contributed by atoms with Crippen LogP contribution in [-0.2, 0) is 20.5 Å². The standard InChI is InChI=1S/C19H14Cl3F3N2O4/c1-9(17(29)27-15-5-3-10(20)6-13(15)19(23,24)25)31-16(28)8-26-18(30)12-4-2-11(21)7-14(12)22/h2-7,9H,8H2,1H3,(H,26,30)(H,27,29). The molecule has 1 atom stereocenters. The first-order chi connectivity index (χ1) is 14.4. The van der Waals surface area contributed by atoms with Gasteiger partial charge in [-0.15, -0.1) is 0 Å². The number of nitrogens with one attached hydrogen (secondary N) is 2. The maximum Gasteiger partial charge on any atom is 0.418 e. The van der Waals surface area contributed by atoms with Gasteiger partial charge in [-0.25, -0.2) is 0 Å². The minimum Gasteiger partial charge on any atom is -0.451 e. The maximum atomic E-state index is 13.1. The van der Waals surface area contributed by atoms with Crippen molar-refractivity contribution in [2.45, 2.75) is 19.2 Å². The molecule has 166 valence electrons. The van der Waals surface area contributed by atoms with Crippen LogP contribution < -0.4 is 10.6 Å². The summed E-state index contributed by atoms with van der Waals surface area (Å²) in [5, 5.41) is 4.51. The molecule has 0 radical (unpaired) electrons. The zero-order chi connectivity index (χ0) is 23.3. The third-order valence-electron chi connectivity index (χ3n) is 3.79. The molecule has 0 aromatic heterocycles. The number of ether oxygens (including phenoxy) is 1. The summed E-state index contributed by atoms with van der Waals surface area (Å²) in [4.78, 5) is 36.1. The van der Waals surface area contributed by atoms with Gasteiger partial charge in [-0.1, -0.05) is 34.8 Å². The SMILES string of the molecule is CC(OC(=O)CNC(=O)c1ccc(Cl)cc1Cl)C(=O)Nc1ccc(Cl)cc1C(F)(F)F. The van der Waals surface area contributed by atoms with Crippen molar-refractivity contribution in [2.75, 3.05) is 11.9 Å². The number of hydrogen-bond donors (Lipinski definition) is 2.